The van der Waals surface area contributed by atoms with Crippen LogP contribution in [0.2, 0.25) is 0 Å². The first-order chi connectivity index (χ1) is 20.3. The van der Waals surface area contributed by atoms with Crippen molar-refractivity contribution in [2.75, 3.05) is 86.3 Å². The highest BCUT2D eigenvalue weighted by molar-refractivity contribution is 5.79. The fourth-order valence-electron chi connectivity index (χ4n) is 4.40. The van der Waals surface area contributed by atoms with Gasteiger partial charge in [0.15, 0.2) is 0 Å². The van der Waals surface area contributed by atoms with E-state index in [9.17, 15) is 9.59 Å². The van der Waals surface area contributed by atoms with Gasteiger partial charge in [-0.05, 0) is 43.0 Å². The zero-order valence-corrected chi connectivity index (χ0v) is 25.3. The van der Waals surface area contributed by atoms with Crippen LogP contribution in [-0.4, -0.2) is 109 Å². The third kappa shape index (κ3) is 11.7. The van der Waals surface area contributed by atoms with Crippen LogP contribution in [0.25, 0.3) is 11.1 Å². The Morgan fingerprint density at radius 3 is 1.64 bits per heavy atom. The maximum Gasteiger partial charge on any atom is 0.409 e. The molecule has 3 rings (SSSR count). The SMILES string of the molecule is CN(CCOCCOCCOCCOCCOCC(=O)OC(C)(C)C)C(=O)OCC1c2ccccc2-c2ccccc21. The van der Waals surface area contributed by atoms with E-state index in [0.29, 0.717) is 72.6 Å². The summed E-state index contributed by atoms with van der Waals surface area (Å²) in [5.74, 6) is -0.353. The minimum absolute atomic E-state index is 0.0384. The lowest BCUT2D eigenvalue weighted by molar-refractivity contribution is -0.160. The molecule has 0 aromatic heterocycles. The molecule has 0 saturated carbocycles. The van der Waals surface area contributed by atoms with E-state index in [4.69, 9.17) is 33.2 Å². The summed E-state index contributed by atoms with van der Waals surface area (Å²) < 4.78 is 38.0. The Morgan fingerprint density at radius 2 is 1.14 bits per heavy atom. The average Bonchev–Trinajstić information content (AvgIpc) is 3.28. The van der Waals surface area contributed by atoms with Gasteiger partial charge in [-0.25, -0.2) is 9.59 Å². The summed E-state index contributed by atoms with van der Waals surface area (Å²) >= 11 is 0. The minimum atomic E-state index is -0.516. The van der Waals surface area contributed by atoms with Crippen LogP contribution in [0.5, 0.6) is 0 Å². The zero-order valence-electron chi connectivity index (χ0n) is 25.3. The Kier molecular flexibility index (Phi) is 14.2. The van der Waals surface area contributed by atoms with E-state index in [1.807, 2.05) is 45.0 Å². The molecule has 0 unspecified atom stereocenters. The molecule has 0 bridgehead atoms. The fourth-order valence-corrected chi connectivity index (χ4v) is 4.40. The van der Waals surface area contributed by atoms with Crippen molar-refractivity contribution in [1.82, 2.24) is 4.90 Å². The van der Waals surface area contributed by atoms with Crippen molar-refractivity contribution < 1.29 is 42.7 Å². The molecule has 0 atom stereocenters. The van der Waals surface area contributed by atoms with Gasteiger partial charge < -0.3 is 38.1 Å². The summed E-state index contributed by atoms with van der Waals surface area (Å²) in [5, 5.41) is 0. The Morgan fingerprint density at radius 1 is 0.690 bits per heavy atom. The van der Waals surface area contributed by atoms with E-state index in [2.05, 4.69) is 24.3 Å². The summed E-state index contributed by atoms with van der Waals surface area (Å²) in [6.45, 7) is 9.75. The third-order valence-corrected chi connectivity index (χ3v) is 6.35. The second kappa shape index (κ2) is 17.8. The highest BCUT2D eigenvalue weighted by Crippen LogP contribution is 2.44. The molecule has 1 aliphatic rings. The van der Waals surface area contributed by atoms with Crippen LogP contribution in [0.3, 0.4) is 0 Å². The summed E-state index contributed by atoms with van der Waals surface area (Å²) in [6.07, 6.45) is -0.369. The second-order valence-corrected chi connectivity index (χ2v) is 10.8. The lowest BCUT2D eigenvalue weighted by Crippen LogP contribution is -2.32. The van der Waals surface area contributed by atoms with Crippen molar-refractivity contribution in [1.29, 1.82) is 0 Å². The Bertz CT molecular complexity index is 1060. The molecule has 10 heteroatoms. The van der Waals surface area contributed by atoms with Gasteiger partial charge in [-0.3, -0.25) is 0 Å². The van der Waals surface area contributed by atoms with Crippen molar-refractivity contribution in [2.45, 2.75) is 32.3 Å². The topological polar surface area (TPSA) is 102 Å². The second-order valence-electron chi connectivity index (χ2n) is 10.8. The van der Waals surface area contributed by atoms with E-state index in [0.717, 1.165) is 0 Å². The molecule has 1 amide bonds. The number of carbonyl (C=O) groups is 2. The molecule has 2 aromatic carbocycles. The molecule has 0 aliphatic heterocycles. The van der Waals surface area contributed by atoms with E-state index >= 15 is 0 Å². The van der Waals surface area contributed by atoms with E-state index in [1.165, 1.54) is 27.2 Å². The van der Waals surface area contributed by atoms with Gasteiger partial charge in [0.1, 0.15) is 18.8 Å². The third-order valence-electron chi connectivity index (χ3n) is 6.35. The Balaban J connectivity index is 1.12. The molecule has 0 fully saturated rings. The van der Waals surface area contributed by atoms with Gasteiger partial charge in [0.25, 0.3) is 0 Å². The molecule has 232 valence electrons. The highest BCUT2D eigenvalue weighted by Gasteiger charge is 2.29. The monoisotopic (exact) mass is 587 g/mol. The number of hydrogen-bond acceptors (Lipinski definition) is 9. The summed E-state index contributed by atoms with van der Waals surface area (Å²) in [4.78, 5) is 25.6. The van der Waals surface area contributed by atoms with Crippen LogP contribution in [-0.2, 0) is 38.0 Å². The summed E-state index contributed by atoms with van der Waals surface area (Å²) in [7, 11) is 1.71. The van der Waals surface area contributed by atoms with Gasteiger partial charge in [-0.15, -0.1) is 0 Å². The lowest BCUT2D eigenvalue weighted by atomic mass is 9.98. The number of amides is 1. The van der Waals surface area contributed by atoms with Crippen molar-refractivity contribution in [3.05, 3.63) is 59.7 Å². The lowest BCUT2D eigenvalue weighted by Gasteiger charge is -2.19. The molecule has 0 radical (unpaired) electrons. The predicted molar refractivity (Wildman–Crippen MR) is 158 cm³/mol. The summed E-state index contributed by atoms with van der Waals surface area (Å²) in [5.41, 5.74) is 4.27. The van der Waals surface area contributed by atoms with Crippen LogP contribution in [0.1, 0.15) is 37.8 Å². The fraction of sp³-hybridized carbons (Fsp3) is 0.562. The van der Waals surface area contributed by atoms with Gasteiger partial charge in [0.05, 0.1) is 59.5 Å². The molecule has 0 heterocycles. The molecular formula is C32H45NO9. The van der Waals surface area contributed by atoms with Gasteiger partial charge in [0.2, 0.25) is 0 Å². The molecule has 1 aliphatic carbocycles. The number of nitrogens with zero attached hydrogens (tertiary/aromatic N) is 1. The van der Waals surface area contributed by atoms with Gasteiger partial charge in [0, 0.05) is 19.5 Å². The number of ether oxygens (including phenoxy) is 7. The van der Waals surface area contributed by atoms with Crippen LogP contribution in [0.15, 0.2) is 48.5 Å². The van der Waals surface area contributed by atoms with Crippen molar-refractivity contribution in [3.8, 4) is 11.1 Å². The number of hydrogen-bond donors (Lipinski definition) is 0. The van der Waals surface area contributed by atoms with Gasteiger partial charge in [-0.2, -0.15) is 0 Å². The molecule has 0 N–H and O–H groups in total. The largest absolute Gasteiger partial charge is 0.458 e. The van der Waals surface area contributed by atoms with Gasteiger partial charge >= 0.3 is 12.1 Å². The maximum absolute atomic E-state index is 12.5. The molecule has 0 spiro atoms. The van der Waals surface area contributed by atoms with Crippen LogP contribution in [0.4, 0.5) is 4.79 Å². The normalized spacial score (nSPS) is 12.6. The quantitative estimate of drug-likeness (QED) is 0.176. The number of benzene rings is 2. The first-order valence-electron chi connectivity index (χ1n) is 14.4. The standard InChI is InChI=1S/C32H45NO9/c1-32(2,3)42-30(34)24-40-22-21-39-20-19-38-18-17-37-16-15-36-14-13-33(4)31(35)41-23-29-27-11-7-5-9-25(27)26-10-6-8-12-28(26)29/h5-12,29H,13-24H2,1-4H3. The highest BCUT2D eigenvalue weighted by atomic mass is 16.6. The Hall–Kier alpha value is -3.02. The molecule has 42 heavy (non-hydrogen) atoms. The van der Waals surface area contributed by atoms with Crippen LogP contribution in [0, 0.1) is 0 Å². The maximum atomic E-state index is 12.5. The van der Waals surface area contributed by atoms with E-state index in [-0.39, 0.29) is 18.6 Å². The number of likely N-dealkylation sites (N-methyl/N-ethyl adjacent to an activating group) is 1. The van der Waals surface area contributed by atoms with Crippen LogP contribution < -0.4 is 0 Å². The molecular weight excluding hydrogens is 542 g/mol. The van der Waals surface area contributed by atoms with E-state index in [1.54, 1.807) is 7.05 Å². The number of fused-ring (bicyclic) bond motifs is 3. The number of esters is 1. The van der Waals surface area contributed by atoms with Crippen molar-refractivity contribution >= 4 is 12.1 Å². The number of carbonyl (C=O) groups excluding carboxylic acids is 2. The average molecular weight is 588 g/mol. The molecule has 10 nitrogen and oxygen atoms in total. The smallest absolute Gasteiger partial charge is 0.409 e. The first-order valence-corrected chi connectivity index (χ1v) is 14.4. The first kappa shape index (κ1) is 33.5. The molecule has 2 aromatic rings. The van der Waals surface area contributed by atoms with E-state index < -0.39 is 11.6 Å². The molecule has 0 saturated heterocycles. The zero-order chi connectivity index (χ0) is 30.2. The summed E-state index contributed by atoms with van der Waals surface area (Å²) in [6, 6.07) is 16.5. The van der Waals surface area contributed by atoms with Crippen molar-refractivity contribution in [2.24, 2.45) is 0 Å². The van der Waals surface area contributed by atoms with Crippen molar-refractivity contribution in [3.63, 3.8) is 0 Å². The minimum Gasteiger partial charge on any atom is -0.458 e. The van der Waals surface area contributed by atoms with Crippen LogP contribution >= 0.6 is 0 Å². The predicted octanol–water partition coefficient (Wildman–Crippen LogP) is 4.29. The Labute approximate surface area is 249 Å². The number of rotatable bonds is 19. The van der Waals surface area contributed by atoms with Gasteiger partial charge in [-0.1, -0.05) is 48.5 Å².